The highest BCUT2D eigenvalue weighted by molar-refractivity contribution is 5.53. The molecule has 9 heteroatoms. The van der Waals surface area contributed by atoms with Crippen LogP contribution in [0.25, 0.3) is 0 Å². The molecule has 4 rings (SSSR count). The summed E-state index contributed by atoms with van der Waals surface area (Å²) < 4.78 is 59.1. The lowest BCUT2D eigenvalue weighted by molar-refractivity contribution is -0.137. The molecule has 1 aromatic carbocycles. The summed E-state index contributed by atoms with van der Waals surface area (Å²) in [5, 5.41) is 3.09. The molecular formula is C21H24F4N4O. The van der Waals surface area contributed by atoms with Gasteiger partial charge in [-0.05, 0) is 49.3 Å². The fraction of sp³-hybridized carbons (Fsp3) is 0.524. The zero-order valence-corrected chi connectivity index (χ0v) is 16.5. The summed E-state index contributed by atoms with van der Waals surface area (Å²) >= 11 is 0. The minimum absolute atomic E-state index is 0.157. The maximum atomic E-state index is 15.2. The van der Waals surface area contributed by atoms with Gasteiger partial charge in [0.05, 0.1) is 11.6 Å². The molecule has 1 aromatic heterocycles. The summed E-state index contributed by atoms with van der Waals surface area (Å²) in [6, 6.07) is 4.86. The number of halogens is 4. The van der Waals surface area contributed by atoms with Gasteiger partial charge in [0, 0.05) is 26.3 Å². The minimum Gasteiger partial charge on any atom is -0.381 e. The van der Waals surface area contributed by atoms with Crippen LogP contribution in [0.3, 0.4) is 0 Å². The van der Waals surface area contributed by atoms with Crippen molar-refractivity contribution in [2.24, 2.45) is 5.92 Å². The molecule has 2 aromatic rings. The van der Waals surface area contributed by atoms with Crippen LogP contribution in [0, 0.1) is 11.7 Å². The number of rotatable bonds is 5. The number of aromatic nitrogens is 2. The van der Waals surface area contributed by atoms with E-state index in [1.165, 1.54) is 18.5 Å². The molecule has 3 heterocycles. The number of alkyl halides is 3. The van der Waals surface area contributed by atoms with Gasteiger partial charge in [0.2, 0.25) is 5.82 Å². The zero-order valence-electron chi connectivity index (χ0n) is 16.5. The van der Waals surface area contributed by atoms with Crippen molar-refractivity contribution in [2.45, 2.75) is 37.9 Å². The molecule has 2 aliphatic heterocycles. The van der Waals surface area contributed by atoms with Crippen LogP contribution in [0.15, 0.2) is 30.6 Å². The Morgan fingerprint density at radius 1 is 1.07 bits per heavy atom. The van der Waals surface area contributed by atoms with Crippen molar-refractivity contribution >= 4 is 11.6 Å². The van der Waals surface area contributed by atoms with Gasteiger partial charge in [-0.25, -0.2) is 9.97 Å². The largest absolute Gasteiger partial charge is 0.416 e. The topological polar surface area (TPSA) is 50.3 Å². The summed E-state index contributed by atoms with van der Waals surface area (Å²) in [6.45, 7) is 2.62. The molecular weight excluding hydrogens is 400 g/mol. The van der Waals surface area contributed by atoms with Gasteiger partial charge in [-0.3, -0.25) is 0 Å². The molecule has 30 heavy (non-hydrogen) atoms. The minimum atomic E-state index is -4.38. The van der Waals surface area contributed by atoms with E-state index in [0.717, 1.165) is 43.4 Å². The van der Waals surface area contributed by atoms with E-state index in [0.29, 0.717) is 32.2 Å². The lowest BCUT2D eigenvalue weighted by Gasteiger charge is -2.27. The second-order valence-corrected chi connectivity index (χ2v) is 7.77. The Labute approximate surface area is 172 Å². The van der Waals surface area contributed by atoms with Crippen LogP contribution >= 0.6 is 0 Å². The van der Waals surface area contributed by atoms with Crippen molar-refractivity contribution < 1.29 is 22.3 Å². The zero-order chi connectivity index (χ0) is 21.1. The van der Waals surface area contributed by atoms with E-state index in [-0.39, 0.29) is 17.7 Å². The van der Waals surface area contributed by atoms with E-state index in [1.807, 2.05) is 4.90 Å². The van der Waals surface area contributed by atoms with Gasteiger partial charge in [0.15, 0.2) is 11.6 Å². The Bertz CT molecular complexity index is 853. The van der Waals surface area contributed by atoms with Crippen molar-refractivity contribution in [1.82, 2.24) is 9.97 Å². The standard InChI is InChI=1S/C21H24F4N4O/c22-18-19(26-12-14-7-10-30-11-8-14)27-13-28-20(18)29-9-1-2-17(29)15-3-5-16(6-4-15)21(23,24)25/h3-6,13-14,17H,1-2,7-12H2,(H,26,27,28)/t17-/m1/s1. The molecule has 162 valence electrons. The molecule has 0 radical (unpaired) electrons. The van der Waals surface area contributed by atoms with Crippen LogP contribution in [-0.2, 0) is 10.9 Å². The van der Waals surface area contributed by atoms with Crippen LogP contribution < -0.4 is 10.2 Å². The molecule has 1 N–H and O–H groups in total. The Morgan fingerprint density at radius 3 is 2.50 bits per heavy atom. The predicted molar refractivity (Wildman–Crippen MR) is 105 cm³/mol. The number of anilines is 2. The van der Waals surface area contributed by atoms with Crippen molar-refractivity contribution in [3.05, 3.63) is 47.5 Å². The van der Waals surface area contributed by atoms with Crippen molar-refractivity contribution in [1.29, 1.82) is 0 Å². The molecule has 2 fully saturated rings. The molecule has 0 amide bonds. The smallest absolute Gasteiger partial charge is 0.381 e. The maximum absolute atomic E-state index is 15.2. The molecule has 0 unspecified atom stereocenters. The highest BCUT2D eigenvalue weighted by atomic mass is 19.4. The molecule has 5 nitrogen and oxygen atoms in total. The van der Waals surface area contributed by atoms with Gasteiger partial charge >= 0.3 is 6.18 Å². The molecule has 0 saturated carbocycles. The van der Waals surface area contributed by atoms with Gasteiger partial charge in [-0.15, -0.1) is 0 Å². The van der Waals surface area contributed by atoms with E-state index in [1.54, 1.807) is 0 Å². The molecule has 0 spiro atoms. The Morgan fingerprint density at radius 2 is 1.80 bits per heavy atom. The fourth-order valence-electron chi connectivity index (χ4n) is 4.14. The van der Waals surface area contributed by atoms with Crippen molar-refractivity contribution in [2.75, 3.05) is 36.5 Å². The van der Waals surface area contributed by atoms with Gasteiger partial charge in [-0.1, -0.05) is 12.1 Å². The average Bonchev–Trinajstić information content (AvgIpc) is 3.23. The molecule has 0 bridgehead atoms. The van der Waals surface area contributed by atoms with E-state index < -0.39 is 17.6 Å². The van der Waals surface area contributed by atoms with E-state index >= 15 is 4.39 Å². The third-order valence-electron chi connectivity index (χ3n) is 5.82. The van der Waals surface area contributed by atoms with Crippen molar-refractivity contribution in [3.8, 4) is 0 Å². The van der Waals surface area contributed by atoms with Crippen LogP contribution in [0.5, 0.6) is 0 Å². The molecule has 1 atom stereocenters. The van der Waals surface area contributed by atoms with Crippen LogP contribution in [0.2, 0.25) is 0 Å². The third-order valence-corrected chi connectivity index (χ3v) is 5.82. The lowest BCUT2D eigenvalue weighted by Crippen LogP contribution is -2.26. The molecule has 2 saturated heterocycles. The number of benzene rings is 1. The number of ether oxygens (including phenoxy) is 1. The fourth-order valence-corrected chi connectivity index (χ4v) is 4.14. The Hall–Kier alpha value is -2.42. The normalized spacial score (nSPS) is 20.5. The van der Waals surface area contributed by atoms with Crippen molar-refractivity contribution in [3.63, 3.8) is 0 Å². The summed E-state index contributed by atoms with van der Waals surface area (Å²) in [6.07, 6.45) is 0.327. The predicted octanol–water partition coefficient (Wildman–Crippen LogP) is 4.81. The number of nitrogens with zero attached hydrogens (tertiary/aromatic N) is 3. The second kappa shape index (κ2) is 8.75. The Kier molecular flexibility index (Phi) is 6.08. The lowest BCUT2D eigenvalue weighted by atomic mass is 10.0. The quantitative estimate of drug-likeness (QED) is 0.698. The summed E-state index contributed by atoms with van der Waals surface area (Å²) in [5.41, 5.74) is 0.0267. The maximum Gasteiger partial charge on any atom is 0.416 e. The highest BCUT2D eigenvalue weighted by Gasteiger charge is 2.33. The summed E-state index contributed by atoms with van der Waals surface area (Å²) in [5.74, 6) is 0.220. The number of hydrogen-bond donors (Lipinski definition) is 1. The Balaban J connectivity index is 1.51. The van der Waals surface area contributed by atoms with Gasteiger partial charge < -0.3 is 15.0 Å². The summed E-state index contributed by atoms with van der Waals surface area (Å²) in [7, 11) is 0. The number of hydrogen-bond acceptors (Lipinski definition) is 5. The van der Waals surface area contributed by atoms with E-state index in [9.17, 15) is 13.2 Å². The third kappa shape index (κ3) is 4.50. The van der Waals surface area contributed by atoms with Crippen LogP contribution in [0.1, 0.15) is 42.9 Å². The van der Waals surface area contributed by atoms with Crippen LogP contribution in [-0.4, -0.2) is 36.3 Å². The van der Waals surface area contributed by atoms with Gasteiger partial charge in [-0.2, -0.15) is 17.6 Å². The first-order chi connectivity index (χ1) is 14.4. The SMILES string of the molecule is Fc1c(NCC2CCOCC2)ncnc1N1CCC[C@@H]1c1ccc(C(F)(F)F)cc1. The monoisotopic (exact) mass is 424 g/mol. The highest BCUT2D eigenvalue weighted by Crippen LogP contribution is 2.38. The summed E-state index contributed by atoms with van der Waals surface area (Å²) in [4.78, 5) is 10.0. The first kappa shape index (κ1) is 20.8. The molecule has 2 aliphatic rings. The van der Waals surface area contributed by atoms with E-state index in [4.69, 9.17) is 4.74 Å². The van der Waals surface area contributed by atoms with Gasteiger partial charge in [0.1, 0.15) is 6.33 Å². The first-order valence-corrected chi connectivity index (χ1v) is 10.2. The van der Waals surface area contributed by atoms with Crippen LogP contribution in [0.4, 0.5) is 29.2 Å². The van der Waals surface area contributed by atoms with Gasteiger partial charge in [0.25, 0.3) is 0 Å². The average molecular weight is 424 g/mol. The first-order valence-electron chi connectivity index (χ1n) is 10.2. The second-order valence-electron chi connectivity index (χ2n) is 7.77. The van der Waals surface area contributed by atoms with E-state index in [2.05, 4.69) is 15.3 Å². The molecule has 0 aliphatic carbocycles. The number of nitrogens with one attached hydrogen (secondary N) is 1.